The number of imidazole rings is 1. The minimum Gasteiger partial charge on any atom is -0.396 e. The van der Waals surface area contributed by atoms with Gasteiger partial charge in [0.25, 0.3) is 0 Å². The van der Waals surface area contributed by atoms with Crippen LogP contribution in [0.5, 0.6) is 0 Å². The van der Waals surface area contributed by atoms with Gasteiger partial charge in [0, 0.05) is 38.0 Å². The van der Waals surface area contributed by atoms with E-state index in [9.17, 15) is 4.79 Å². The van der Waals surface area contributed by atoms with Crippen molar-refractivity contribution in [3.8, 4) is 5.69 Å². The SMILES string of the molecule is Cc1cccc(-n2ccnc2SCC(=O)N2CC(CO)C2)c1C. The van der Waals surface area contributed by atoms with E-state index in [0.717, 1.165) is 10.8 Å². The fourth-order valence-corrected chi connectivity index (χ4v) is 3.55. The molecule has 2 aromatic rings. The number of hydrogen-bond acceptors (Lipinski definition) is 4. The molecule has 0 aliphatic carbocycles. The molecule has 0 atom stereocenters. The van der Waals surface area contributed by atoms with Crippen LogP contribution in [0.3, 0.4) is 0 Å². The van der Waals surface area contributed by atoms with Gasteiger partial charge in [0.15, 0.2) is 5.16 Å². The van der Waals surface area contributed by atoms with E-state index < -0.39 is 0 Å². The van der Waals surface area contributed by atoms with Crippen LogP contribution in [0.2, 0.25) is 0 Å². The first-order valence-electron chi connectivity index (χ1n) is 7.71. The van der Waals surface area contributed by atoms with Crippen LogP contribution < -0.4 is 0 Å². The smallest absolute Gasteiger partial charge is 0.233 e. The number of amides is 1. The Bertz CT molecular complexity index is 708. The predicted octanol–water partition coefficient (Wildman–Crippen LogP) is 2.03. The fourth-order valence-electron chi connectivity index (χ4n) is 2.68. The third-order valence-electron chi connectivity index (χ3n) is 4.34. The van der Waals surface area contributed by atoms with Crippen molar-refractivity contribution in [3.05, 3.63) is 41.7 Å². The van der Waals surface area contributed by atoms with Gasteiger partial charge in [0.05, 0.1) is 11.4 Å². The minimum atomic E-state index is 0.107. The second kappa shape index (κ2) is 6.76. The number of carbonyl (C=O) groups excluding carboxylic acids is 1. The average Bonchev–Trinajstić information content (AvgIpc) is 2.95. The van der Waals surface area contributed by atoms with E-state index in [-0.39, 0.29) is 18.4 Å². The Morgan fingerprint density at radius 3 is 2.91 bits per heavy atom. The standard InChI is InChI=1S/C17H21N3O2S/c1-12-4-3-5-15(13(12)2)20-7-6-18-17(20)23-11-16(22)19-8-14(9-19)10-21/h3-7,14,21H,8-11H2,1-2H3. The summed E-state index contributed by atoms with van der Waals surface area (Å²) in [5.41, 5.74) is 3.55. The molecule has 1 aliphatic rings. The van der Waals surface area contributed by atoms with Gasteiger partial charge < -0.3 is 10.0 Å². The number of aryl methyl sites for hydroxylation is 1. The van der Waals surface area contributed by atoms with Crippen molar-refractivity contribution in [2.24, 2.45) is 5.92 Å². The number of likely N-dealkylation sites (tertiary alicyclic amines) is 1. The van der Waals surface area contributed by atoms with Crippen molar-refractivity contribution in [2.75, 3.05) is 25.4 Å². The lowest BCUT2D eigenvalue weighted by molar-refractivity contribution is -0.135. The predicted molar refractivity (Wildman–Crippen MR) is 90.9 cm³/mol. The molecule has 6 heteroatoms. The molecule has 0 unspecified atom stereocenters. The summed E-state index contributed by atoms with van der Waals surface area (Å²) in [5, 5.41) is 9.85. The third-order valence-corrected chi connectivity index (χ3v) is 5.29. The van der Waals surface area contributed by atoms with E-state index in [1.165, 1.54) is 22.9 Å². The number of hydrogen-bond donors (Lipinski definition) is 1. The number of aliphatic hydroxyl groups excluding tert-OH is 1. The molecule has 0 spiro atoms. The van der Waals surface area contributed by atoms with Crippen LogP contribution in [-0.2, 0) is 4.79 Å². The molecular formula is C17H21N3O2S. The maximum absolute atomic E-state index is 12.1. The maximum Gasteiger partial charge on any atom is 0.233 e. The molecule has 1 fully saturated rings. The molecule has 3 rings (SSSR count). The molecule has 0 saturated carbocycles. The van der Waals surface area contributed by atoms with Crippen LogP contribution >= 0.6 is 11.8 Å². The molecule has 1 aromatic heterocycles. The molecular weight excluding hydrogens is 310 g/mol. The van der Waals surface area contributed by atoms with E-state index in [1.54, 1.807) is 11.1 Å². The minimum absolute atomic E-state index is 0.107. The first-order chi connectivity index (χ1) is 11.1. The second-order valence-electron chi connectivity index (χ2n) is 5.93. The summed E-state index contributed by atoms with van der Waals surface area (Å²) in [5.74, 6) is 0.733. The lowest BCUT2D eigenvalue weighted by Crippen LogP contribution is -2.52. The Kier molecular flexibility index (Phi) is 4.73. The second-order valence-corrected chi connectivity index (χ2v) is 6.88. The maximum atomic E-state index is 12.1. The molecule has 122 valence electrons. The normalized spacial score (nSPS) is 14.8. The molecule has 1 aliphatic heterocycles. The Morgan fingerprint density at radius 1 is 1.39 bits per heavy atom. The number of aliphatic hydroxyl groups is 1. The molecule has 1 aromatic carbocycles. The van der Waals surface area contributed by atoms with Crippen molar-refractivity contribution in [2.45, 2.75) is 19.0 Å². The van der Waals surface area contributed by atoms with Gasteiger partial charge in [-0.05, 0) is 31.0 Å². The number of nitrogens with zero attached hydrogens (tertiary/aromatic N) is 3. The van der Waals surface area contributed by atoms with Gasteiger partial charge in [-0.2, -0.15) is 0 Å². The largest absolute Gasteiger partial charge is 0.396 e. The molecule has 2 heterocycles. The van der Waals surface area contributed by atoms with Crippen LogP contribution in [0, 0.1) is 19.8 Å². The van der Waals surface area contributed by atoms with Crippen molar-refractivity contribution in [1.82, 2.24) is 14.5 Å². The number of thioether (sulfide) groups is 1. The Labute approximate surface area is 140 Å². The van der Waals surface area contributed by atoms with Crippen LogP contribution in [0.1, 0.15) is 11.1 Å². The van der Waals surface area contributed by atoms with E-state index in [0.29, 0.717) is 18.8 Å². The number of carbonyl (C=O) groups is 1. The zero-order valence-electron chi connectivity index (χ0n) is 13.4. The van der Waals surface area contributed by atoms with Crippen LogP contribution in [-0.4, -0.2) is 50.9 Å². The van der Waals surface area contributed by atoms with Gasteiger partial charge in [-0.15, -0.1) is 0 Å². The highest BCUT2D eigenvalue weighted by Gasteiger charge is 2.29. The lowest BCUT2D eigenvalue weighted by Gasteiger charge is -2.38. The monoisotopic (exact) mass is 331 g/mol. The summed E-state index contributed by atoms with van der Waals surface area (Å²) in [6.07, 6.45) is 3.69. The third kappa shape index (κ3) is 3.28. The molecule has 1 saturated heterocycles. The van der Waals surface area contributed by atoms with Gasteiger partial charge >= 0.3 is 0 Å². The molecule has 5 nitrogen and oxygen atoms in total. The number of aromatic nitrogens is 2. The van der Waals surface area contributed by atoms with Crippen LogP contribution in [0.15, 0.2) is 35.7 Å². The van der Waals surface area contributed by atoms with Crippen molar-refractivity contribution in [3.63, 3.8) is 0 Å². The summed E-state index contributed by atoms with van der Waals surface area (Å²) in [6, 6.07) is 6.19. The molecule has 23 heavy (non-hydrogen) atoms. The van der Waals surface area contributed by atoms with Crippen molar-refractivity contribution < 1.29 is 9.90 Å². The summed E-state index contributed by atoms with van der Waals surface area (Å²) in [7, 11) is 0. The van der Waals surface area contributed by atoms with Gasteiger partial charge in [-0.25, -0.2) is 4.98 Å². The lowest BCUT2D eigenvalue weighted by atomic mass is 10.0. The quantitative estimate of drug-likeness (QED) is 0.852. The van der Waals surface area contributed by atoms with Crippen LogP contribution in [0.25, 0.3) is 5.69 Å². The van der Waals surface area contributed by atoms with Gasteiger partial charge in [-0.1, -0.05) is 23.9 Å². The highest BCUT2D eigenvalue weighted by molar-refractivity contribution is 7.99. The Hall–Kier alpha value is -1.79. The van der Waals surface area contributed by atoms with Crippen molar-refractivity contribution in [1.29, 1.82) is 0 Å². The molecule has 0 bridgehead atoms. The first kappa shape index (κ1) is 16.1. The highest BCUT2D eigenvalue weighted by atomic mass is 32.2. The van der Waals surface area contributed by atoms with E-state index >= 15 is 0 Å². The Morgan fingerprint density at radius 2 is 2.17 bits per heavy atom. The average molecular weight is 331 g/mol. The summed E-state index contributed by atoms with van der Waals surface area (Å²) >= 11 is 1.46. The van der Waals surface area contributed by atoms with Crippen LogP contribution in [0.4, 0.5) is 0 Å². The number of rotatable bonds is 5. The summed E-state index contributed by atoms with van der Waals surface area (Å²) < 4.78 is 2.03. The summed E-state index contributed by atoms with van der Waals surface area (Å²) in [6.45, 7) is 5.68. The van der Waals surface area contributed by atoms with Crippen molar-refractivity contribution >= 4 is 17.7 Å². The molecule has 0 radical (unpaired) electrons. The van der Waals surface area contributed by atoms with Gasteiger partial charge in [-0.3, -0.25) is 9.36 Å². The number of benzene rings is 1. The van der Waals surface area contributed by atoms with Gasteiger partial charge in [0.2, 0.25) is 5.91 Å². The first-order valence-corrected chi connectivity index (χ1v) is 8.70. The van der Waals surface area contributed by atoms with Gasteiger partial charge in [0.1, 0.15) is 0 Å². The summed E-state index contributed by atoms with van der Waals surface area (Å²) in [4.78, 5) is 18.3. The zero-order chi connectivity index (χ0) is 16.4. The van der Waals surface area contributed by atoms with E-state index in [4.69, 9.17) is 5.11 Å². The van der Waals surface area contributed by atoms with E-state index in [1.807, 2.05) is 16.8 Å². The molecule has 1 amide bonds. The Balaban J connectivity index is 1.67. The fraction of sp³-hybridized carbons (Fsp3) is 0.412. The highest BCUT2D eigenvalue weighted by Crippen LogP contribution is 2.25. The van der Waals surface area contributed by atoms with E-state index in [2.05, 4.69) is 31.0 Å². The topological polar surface area (TPSA) is 58.4 Å². The zero-order valence-corrected chi connectivity index (χ0v) is 14.2. The molecule has 1 N–H and O–H groups in total.